The van der Waals surface area contributed by atoms with Crippen LogP contribution >= 0.6 is 0 Å². The van der Waals surface area contributed by atoms with Gasteiger partial charge in [-0.1, -0.05) is 18.2 Å². The van der Waals surface area contributed by atoms with Crippen molar-refractivity contribution < 1.29 is 14.3 Å². The summed E-state index contributed by atoms with van der Waals surface area (Å²) in [5, 5.41) is 5.82. The number of methoxy groups -OCH3 is 1. The number of amides is 3. The van der Waals surface area contributed by atoms with E-state index in [0.29, 0.717) is 32.7 Å². The monoisotopic (exact) mass is 303 g/mol. The second-order valence-electron chi connectivity index (χ2n) is 5.83. The van der Waals surface area contributed by atoms with Crippen molar-refractivity contribution in [3.8, 4) is 0 Å². The molecule has 118 valence electrons. The normalized spacial score (nSPS) is 22.8. The first kappa shape index (κ1) is 14.8. The van der Waals surface area contributed by atoms with E-state index in [0.717, 1.165) is 17.7 Å². The molecule has 22 heavy (non-hydrogen) atoms. The summed E-state index contributed by atoms with van der Waals surface area (Å²) in [5.74, 6) is 0.00313. The molecule has 6 nitrogen and oxygen atoms in total. The Labute approximate surface area is 129 Å². The van der Waals surface area contributed by atoms with Gasteiger partial charge in [0.15, 0.2) is 0 Å². The van der Waals surface area contributed by atoms with E-state index in [9.17, 15) is 9.59 Å². The highest BCUT2D eigenvalue weighted by atomic mass is 16.5. The number of ether oxygens (including phenoxy) is 1. The fourth-order valence-corrected chi connectivity index (χ4v) is 3.29. The molecule has 1 aromatic carbocycles. The number of fused-ring (bicyclic) bond motifs is 2. The highest BCUT2D eigenvalue weighted by molar-refractivity contribution is 6.07. The summed E-state index contributed by atoms with van der Waals surface area (Å²) in [5.41, 5.74) is 1.30. The second kappa shape index (κ2) is 5.96. The molecular formula is C16H21N3O3. The molecule has 0 saturated carbocycles. The molecule has 2 heterocycles. The van der Waals surface area contributed by atoms with E-state index >= 15 is 0 Å². The molecule has 2 aliphatic rings. The van der Waals surface area contributed by atoms with Crippen LogP contribution in [0.2, 0.25) is 0 Å². The Kier molecular flexibility index (Phi) is 4.02. The number of hydrogen-bond donors (Lipinski definition) is 2. The summed E-state index contributed by atoms with van der Waals surface area (Å²) in [6, 6.07) is 7.63. The molecule has 0 aliphatic carbocycles. The van der Waals surface area contributed by atoms with Gasteiger partial charge >= 0.3 is 6.03 Å². The van der Waals surface area contributed by atoms with Crippen LogP contribution in [0.15, 0.2) is 24.3 Å². The van der Waals surface area contributed by atoms with Gasteiger partial charge in [0.2, 0.25) is 5.91 Å². The number of anilines is 1. The van der Waals surface area contributed by atoms with E-state index in [1.54, 1.807) is 12.0 Å². The third-order valence-corrected chi connectivity index (χ3v) is 4.48. The lowest BCUT2D eigenvalue weighted by atomic mass is 9.81. The molecule has 1 unspecified atom stereocenters. The molecule has 1 spiro atoms. The van der Waals surface area contributed by atoms with Crippen LogP contribution in [0.1, 0.15) is 18.4 Å². The number of para-hydroxylation sites is 1. The number of carbonyl (C=O) groups is 2. The first-order chi connectivity index (χ1) is 10.7. The Morgan fingerprint density at radius 3 is 3.09 bits per heavy atom. The number of benzene rings is 1. The van der Waals surface area contributed by atoms with E-state index in [4.69, 9.17) is 4.74 Å². The number of rotatable bonds is 4. The number of urea groups is 1. The van der Waals surface area contributed by atoms with Gasteiger partial charge in [0, 0.05) is 39.0 Å². The Morgan fingerprint density at radius 1 is 1.45 bits per heavy atom. The van der Waals surface area contributed by atoms with Crippen LogP contribution in [0.25, 0.3) is 0 Å². The lowest BCUT2D eigenvalue weighted by Gasteiger charge is -2.22. The molecule has 0 radical (unpaired) electrons. The van der Waals surface area contributed by atoms with Crippen molar-refractivity contribution in [3.63, 3.8) is 0 Å². The maximum atomic E-state index is 12.4. The summed E-state index contributed by atoms with van der Waals surface area (Å²) >= 11 is 0. The minimum Gasteiger partial charge on any atom is -0.385 e. The van der Waals surface area contributed by atoms with Crippen molar-refractivity contribution in [1.82, 2.24) is 10.2 Å². The molecule has 1 saturated heterocycles. The topological polar surface area (TPSA) is 70.7 Å². The standard InChI is InChI=1S/C16H21N3O3/c1-22-10-4-8-17-15(21)19-9-7-16(11-19)12-5-2-3-6-13(12)18-14(16)20/h2-3,5-6H,4,7-11H2,1H3,(H,17,21)(H,18,20). The smallest absolute Gasteiger partial charge is 0.317 e. The third-order valence-electron chi connectivity index (χ3n) is 4.48. The SMILES string of the molecule is COCCCNC(=O)N1CCC2(C1)C(=O)Nc1ccccc12. The van der Waals surface area contributed by atoms with Crippen molar-refractivity contribution in [2.45, 2.75) is 18.3 Å². The average Bonchev–Trinajstić information content (AvgIpc) is 3.08. The Bertz CT molecular complexity index is 590. The third kappa shape index (κ3) is 2.43. The Hall–Kier alpha value is -2.08. The van der Waals surface area contributed by atoms with Gasteiger partial charge in [0.05, 0.1) is 5.41 Å². The Morgan fingerprint density at radius 2 is 2.27 bits per heavy atom. The van der Waals surface area contributed by atoms with Crippen molar-refractivity contribution in [1.29, 1.82) is 0 Å². The van der Waals surface area contributed by atoms with Crippen LogP contribution in [-0.2, 0) is 14.9 Å². The van der Waals surface area contributed by atoms with Crippen LogP contribution in [-0.4, -0.2) is 50.2 Å². The predicted octanol–water partition coefficient (Wildman–Crippen LogP) is 1.33. The average molecular weight is 303 g/mol. The van der Waals surface area contributed by atoms with Crippen LogP contribution in [0, 0.1) is 0 Å². The van der Waals surface area contributed by atoms with Gasteiger partial charge in [-0.15, -0.1) is 0 Å². The summed E-state index contributed by atoms with van der Waals surface area (Å²) in [6.07, 6.45) is 1.45. The maximum absolute atomic E-state index is 12.4. The molecule has 3 amide bonds. The van der Waals surface area contributed by atoms with Crippen molar-refractivity contribution >= 4 is 17.6 Å². The van der Waals surface area contributed by atoms with E-state index in [1.165, 1.54) is 0 Å². The lowest BCUT2D eigenvalue weighted by molar-refractivity contribution is -0.120. The molecule has 1 fully saturated rings. The van der Waals surface area contributed by atoms with Crippen LogP contribution in [0.5, 0.6) is 0 Å². The molecule has 2 N–H and O–H groups in total. The first-order valence-corrected chi connectivity index (χ1v) is 7.60. The van der Waals surface area contributed by atoms with Crippen molar-refractivity contribution in [2.24, 2.45) is 0 Å². The van der Waals surface area contributed by atoms with Crippen LogP contribution in [0.4, 0.5) is 10.5 Å². The summed E-state index contributed by atoms with van der Waals surface area (Å²) in [4.78, 5) is 26.4. The van der Waals surface area contributed by atoms with Gasteiger partial charge in [-0.2, -0.15) is 0 Å². The van der Waals surface area contributed by atoms with E-state index in [2.05, 4.69) is 10.6 Å². The van der Waals surface area contributed by atoms with Crippen molar-refractivity contribution in [2.75, 3.05) is 38.7 Å². The number of nitrogens with one attached hydrogen (secondary N) is 2. The quantitative estimate of drug-likeness (QED) is 0.824. The summed E-state index contributed by atoms with van der Waals surface area (Å²) < 4.78 is 4.96. The van der Waals surface area contributed by atoms with Gasteiger partial charge in [-0.25, -0.2) is 4.79 Å². The highest BCUT2D eigenvalue weighted by Crippen LogP contribution is 2.43. The van der Waals surface area contributed by atoms with Gasteiger partial charge in [0.25, 0.3) is 0 Å². The van der Waals surface area contributed by atoms with Gasteiger partial charge in [-0.3, -0.25) is 4.79 Å². The molecule has 3 rings (SSSR count). The fraction of sp³-hybridized carbons (Fsp3) is 0.500. The molecule has 1 atom stereocenters. The Balaban J connectivity index is 1.67. The zero-order valence-electron chi connectivity index (χ0n) is 12.7. The first-order valence-electron chi connectivity index (χ1n) is 7.60. The molecule has 6 heteroatoms. The number of nitrogens with zero attached hydrogens (tertiary/aromatic N) is 1. The largest absolute Gasteiger partial charge is 0.385 e. The fourth-order valence-electron chi connectivity index (χ4n) is 3.29. The van der Waals surface area contributed by atoms with E-state index in [1.807, 2.05) is 24.3 Å². The molecule has 0 bridgehead atoms. The number of carbonyl (C=O) groups excluding carboxylic acids is 2. The minimum atomic E-state index is -0.583. The number of likely N-dealkylation sites (tertiary alicyclic amines) is 1. The zero-order valence-corrected chi connectivity index (χ0v) is 12.7. The lowest BCUT2D eigenvalue weighted by Crippen LogP contribution is -2.43. The predicted molar refractivity (Wildman–Crippen MR) is 82.8 cm³/mol. The second-order valence-corrected chi connectivity index (χ2v) is 5.83. The zero-order chi connectivity index (χ0) is 15.6. The maximum Gasteiger partial charge on any atom is 0.317 e. The van der Waals surface area contributed by atoms with Gasteiger partial charge in [0.1, 0.15) is 0 Å². The number of hydrogen-bond acceptors (Lipinski definition) is 3. The summed E-state index contributed by atoms with van der Waals surface area (Å²) in [6.45, 7) is 2.24. The van der Waals surface area contributed by atoms with E-state index in [-0.39, 0.29) is 11.9 Å². The highest BCUT2D eigenvalue weighted by Gasteiger charge is 2.51. The molecule has 0 aromatic heterocycles. The molecular weight excluding hydrogens is 282 g/mol. The van der Waals surface area contributed by atoms with Crippen LogP contribution in [0.3, 0.4) is 0 Å². The minimum absolute atomic E-state index is 0.00313. The van der Waals surface area contributed by atoms with Gasteiger partial charge < -0.3 is 20.3 Å². The van der Waals surface area contributed by atoms with Crippen molar-refractivity contribution in [3.05, 3.63) is 29.8 Å². The van der Waals surface area contributed by atoms with E-state index < -0.39 is 5.41 Å². The van der Waals surface area contributed by atoms with Gasteiger partial charge in [-0.05, 0) is 24.5 Å². The molecule has 1 aromatic rings. The molecule has 2 aliphatic heterocycles. The van der Waals surface area contributed by atoms with Crippen LogP contribution < -0.4 is 10.6 Å². The summed E-state index contributed by atoms with van der Waals surface area (Å²) in [7, 11) is 1.64.